The Morgan fingerprint density at radius 1 is 0.943 bits per heavy atom. The van der Waals surface area contributed by atoms with Crippen LogP contribution in [0.1, 0.15) is 5.56 Å². The number of aromatic amines is 1. The van der Waals surface area contributed by atoms with E-state index in [0.717, 1.165) is 39.3 Å². The Hall–Kier alpha value is -4.36. The minimum Gasteiger partial charge on any atom is -0.497 e. The van der Waals surface area contributed by atoms with Crippen molar-refractivity contribution in [2.75, 3.05) is 17.7 Å². The summed E-state index contributed by atoms with van der Waals surface area (Å²) in [6.07, 6.45) is 1.71. The number of methoxy groups -OCH3 is 1. The number of hydrogen-bond acceptors (Lipinski definition) is 6. The molecular formula is C27H22ClN5O2. The molecule has 0 aliphatic carbocycles. The van der Waals surface area contributed by atoms with Gasteiger partial charge in [-0.3, -0.25) is 4.79 Å². The summed E-state index contributed by atoms with van der Waals surface area (Å²) in [7, 11) is 1.62. The molecule has 3 N–H and O–H groups in total. The highest BCUT2D eigenvalue weighted by Gasteiger charge is 2.06. The predicted octanol–water partition coefficient (Wildman–Crippen LogP) is 6.00. The number of ether oxygens (including phenoxy) is 1. The summed E-state index contributed by atoms with van der Waals surface area (Å²) < 4.78 is 5.28. The lowest BCUT2D eigenvalue weighted by molar-refractivity contribution is 0.415. The number of benzene rings is 3. The molecule has 0 saturated heterocycles. The van der Waals surface area contributed by atoms with Crippen molar-refractivity contribution < 1.29 is 4.74 Å². The van der Waals surface area contributed by atoms with Crippen LogP contribution in [0.2, 0.25) is 5.02 Å². The molecule has 174 valence electrons. The smallest absolute Gasteiger partial charge is 0.253 e. The van der Waals surface area contributed by atoms with Gasteiger partial charge in [0.2, 0.25) is 5.95 Å². The van der Waals surface area contributed by atoms with Gasteiger partial charge >= 0.3 is 0 Å². The first-order valence-corrected chi connectivity index (χ1v) is 11.3. The Balaban J connectivity index is 1.26. The average Bonchev–Trinajstić information content (AvgIpc) is 2.88. The van der Waals surface area contributed by atoms with Crippen LogP contribution in [0.5, 0.6) is 5.75 Å². The second-order valence-electron chi connectivity index (χ2n) is 7.91. The Morgan fingerprint density at radius 3 is 2.49 bits per heavy atom. The standard InChI is InChI=1S/C27H22ClN5O2/c1-35-23-10-11-24-18(15-23)14-19(26(34)32-24)16-30-21-6-8-22(9-7-21)31-27-29-13-12-25(33-27)17-2-4-20(28)5-3-17/h2-15,30H,16H2,1H3,(H,32,34)(H,29,31,33). The molecule has 7 nitrogen and oxygen atoms in total. The summed E-state index contributed by atoms with van der Waals surface area (Å²) in [5, 5.41) is 8.12. The fourth-order valence-electron chi connectivity index (χ4n) is 3.69. The van der Waals surface area contributed by atoms with Gasteiger partial charge in [-0.25, -0.2) is 9.97 Å². The van der Waals surface area contributed by atoms with Gasteiger partial charge in [0.15, 0.2) is 0 Å². The van der Waals surface area contributed by atoms with Crippen LogP contribution < -0.4 is 20.9 Å². The number of rotatable bonds is 7. The van der Waals surface area contributed by atoms with Crippen molar-refractivity contribution in [2.45, 2.75) is 6.54 Å². The fraction of sp³-hybridized carbons (Fsp3) is 0.0741. The lowest BCUT2D eigenvalue weighted by atomic mass is 10.1. The van der Waals surface area contributed by atoms with E-state index in [4.69, 9.17) is 16.3 Å². The Labute approximate surface area is 206 Å². The lowest BCUT2D eigenvalue weighted by Crippen LogP contribution is -2.15. The fourth-order valence-corrected chi connectivity index (χ4v) is 3.81. The number of nitrogens with zero attached hydrogens (tertiary/aromatic N) is 2. The van der Waals surface area contributed by atoms with Crippen LogP contribution in [0.4, 0.5) is 17.3 Å². The number of H-pyrrole nitrogens is 1. The van der Waals surface area contributed by atoms with Crippen molar-refractivity contribution in [3.05, 3.63) is 106 Å². The molecule has 5 rings (SSSR count). The van der Waals surface area contributed by atoms with Crippen molar-refractivity contribution in [2.24, 2.45) is 0 Å². The van der Waals surface area contributed by atoms with E-state index >= 15 is 0 Å². The maximum Gasteiger partial charge on any atom is 0.253 e. The maximum absolute atomic E-state index is 12.5. The van der Waals surface area contributed by atoms with Crippen molar-refractivity contribution in [3.63, 3.8) is 0 Å². The number of hydrogen-bond donors (Lipinski definition) is 3. The topological polar surface area (TPSA) is 91.9 Å². The minimum absolute atomic E-state index is 0.119. The summed E-state index contributed by atoms with van der Waals surface area (Å²) in [5.74, 6) is 1.24. The van der Waals surface area contributed by atoms with Crippen LogP contribution in [0.15, 0.2) is 89.9 Å². The number of halogens is 1. The Morgan fingerprint density at radius 2 is 1.71 bits per heavy atom. The number of nitrogens with one attached hydrogen (secondary N) is 3. The third kappa shape index (κ3) is 5.26. The molecule has 5 aromatic rings. The monoisotopic (exact) mass is 483 g/mol. The Kier molecular flexibility index (Phi) is 6.32. The van der Waals surface area contributed by atoms with Crippen LogP contribution in [0.3, 0.4) is 0 Å². The molecule has 0 unspecified atom stereocenters. The second-order valence-corrected chi connectivity index (χ2v) is 8.34. The quantitative estimate of drug-likeness (QED) is 0.263. The summed E-state index contributed by atoms with van der Waals surface area (Å²) in [4.78, 5) is 24.3. The third-order valence-corrected chi connectivity index (χ3v) is 5.80. The SMILES string of the molecule is COc1ccc2[nH]c(=O)c(CNc3ccc(Nc4nccc(-c5ccc(Cl)cc5)n4)cc3)cc2c1. The summed E-state index contributed by atoms with van der Waals surface area (Å²) in [6.45, 7) is 0.390. The van der Waals surface area contributed by atoms with E-state index in [-0.39, 0.29) is 5.56 Å². The highest BCUT2D eigenvalue weighted by atomic mass is 35.5. The molecule has 0 bridgehead atoms. The normalized spacial score (nSPS) is 10.8. The largest absolute Gasteiger partial charge is 0.497 e. The Bertz CT molecular complexity index is 1530. The molecule has 0 fully saturated rings. The van der Waals surface area contributed by atoms with Crippen LogP contribution in [-0.4, -0.2) is 22.1 Å². The van der Waals surface area contributed by atoms with Gasteiger partial charge in [-0.1, -0.05) is 23.7 Å². The maximum atomic E-state index is 12.5. The molecule has 0 atom stereocenters. The van der Waals surface area contributed by atoms with Gasteiger partial charge in [0.25, 0.3) is 5.56 Å². The van der Waals surface area contributed by atoms with E-state index in [2.05, 4.69) is 25.6 Å². The van der Waals surface area contributed by atoms with Gasteiger partial charge in [0.05, 0.1) is 12.8 Å². The molecule has 0 amide bonds. The number of aromatic nitrogens is 3. The third-order valence-electron chi connectivity index (χ3n) is 5.55. The van der Waals surface area contributed by atoms with Crippen LogP contribution >= 0.6 is 11.6 Å². The van der Waals surface area contributed by atoms with E-state index in [1.165, 1.54) is 0 Å². The second kappa shape index (κ2) is 9.87. The summed E-state index contributed by atoms with van der Waals surface area (Å²) >= 11 is 5.98. The molecule has 0 radical (unpaired) electrons. The summed E-state index contributed by atoms with van der Waals surface area (Å²) in [6, 6.07) is 24.5. The summed E-state index contributed by atoms with van der Waals surface area (Å²) in [5.41, 5.74) is 4.79. The molecule has 2 heterocycles. The van der Waals surface area contributed by atoms with Crippen molar-refractivity contribution >= 4 is 39.8 Å². The molecule has 3 aromatic carbocycles. The van der Waals surface area contributed by atoms with Crippen LogP contribution in [0.25, 0.3) is 22.2 Å². The van der Waals surface area contributed by atoms with E-state index in [9.17, 15) is 4.79 Å². The van der Waals surface area contributed by atoms with Crippen molar-refractivity contribution in [1.82, 2.24) is 15.0 Å². The average molecular weight is 484 g/mol. The highest BCUT2D eigenvalue weighted by Crippen LogP contribution is 2.23. The molecule has 0 aliphatic heterocycles. The molecule has 2 aromatic heterocycles. The molecule has 0 aliphatic rings. The molecule has 0 saturated carbocycles. The number of pyridine rings is 1. The van der Waals surface area contributed by atoms with Gasteiger partial charge in [0, 0.05) is 51.2 Å². The van der Waals surface area contributed by atoms with Crippen LogP contribution in [0, 0.1) is 0 Å². The minimum atomic E-state index is -0.119. The highest BCUT2D eigenvalue weighted by molar-refractivity contribution is 6.30. The molecular weight excluding hydrogens is 462 g/mol. The zero-order valence-corrected chi connectivity index (χ0v) is 19.6. The zero-order chi connectivity index (χ0) is 24.2. The number of fused-ring (bicyclic) bond motifs is 1. The lowest BCUT2D eigenvalue weighted by Gasteiger charge is -2.10. The van der Waals surface area contributed by atoms with Gasteiger partial charge in [0.1, 0.15) is 5.75 Å². The van der Waals surface area contributed by atoms with E-state index in [1.807, 2.05) is 78.9 Å². The first-order chi connectivity index (χ1) is 17.1. The molecule has 8 heteroatoms. The van der Waals surface area contributed by atoms with Gasteiger partial charge in [-0.2, -0.15) is 0 Å². The van der Waals surface area contributed by atoms with Crippen molar-refractivity contribution in [1.29, 1.82) is 0 Å². The van der Waals surface area contributed by atoms with Gasteiger partial charge in [-0.15, -0.1) is 0 Å². The molecule has 0 spiro atoms. The predicted molar refractivity (Wildman–Crippen MR) is 141 cm³/mol. The van der Waals surface area contributed by atoms with Crippen molar-refractivity contribution in [3.8, 4) is 17.0 Å². The van der Waals surface area contributed by atoms with E-state index in [1.54, 1.807) is 13.3 Å². The van der Waals surface area contributed by atoms with E-state index < -0.39 is 0 Å². The first kappa shape index (κ1) is 22.4. The number of anilines is 3. The first-order valence-electron chi connectivity index (χ1n) is 11.0. The zero-order valence-electron chi connectivity index (χ0n) is 18.9. The van der Waals surface area contributed by atoms with Gasteiger partial charge in [-0.05, 0) is 66.7 Å². The van der Waals surface area contributed by atoms with E-state index in [0.29, 0.717) is 23.1 Å². The molecule has 35 heavy (non-hydrogen) atoms. The van der Waals surface area contributed by atoms with Gasteiger partial charge < -0.3 is 20.4 Å². The van der Waals surface area contributed by atoms with Crippen LogP contribution in [-0.2, 0) is 6.54 Å².